The van der Waals surface area contributed by atoms with Gasteiger partial charge in [-0.3, -0.25) is 0 Å². The van der Waals surface area contributed by atoms with Crippen molar-refractivity contribution >= 4 is 33.8 Å². The third-order valence-electron chi connectivity index (χ3n) is 2.64. The van der Waals surface area contributed by atoms with Crippen molar-refractivity contribution < 1.29 is 0 Å². The minimum Gasteiger partial charge on any atom is -0.402 e. The number of pyridine rings is 1. The molecule has 0 aliphatic heterocycles. The summed E-state index contributed by atoms with van der Waals surface area (Å²) >= 11 is 2.30. The molecular weight excluding hydrogens is 313 g/mol. The highest BCUT2D eigenvalue weighted by Gasteiger charge is 2.11. The van der Waals surface area contributed by atoms with Gasteiger partial charge in [0.05, 0.1) is 5.69 Å². The van der Waals surface area contributed by atoms with Crippen molar-refractivity contribution in [2.75, 3.05) is 0 Å². The van der Waals surface area contributed by atoms with Crippen molar-refractivity contribution in [3.05, 3.63) is 51.6 Å². The Morgan fingerprint density at radius 2 is 2.12 bits per heavy atom. The third-order valence-corrected chi connectivity index (χ3v) is 3.28. The molecule has 3 nitrogen and oxygen atoms in total. The zero-order chi connectivity index (χ0) is 11.1. The molecule has 0 saturated carbocycles. The lowest BCUT2D eigenvalue weighted by Gasteiger charge is -1.95. The molecule has 2 N–H and O–H groups in total. The first kappa shape index (κ1) is 9.89. The molecule has 1 aliphatic carbocycles. The van der Waals surface area contributed by atoms with Crippen LogP contribution in [0.3, 0.4) is 0 Å². The largest absolute Gasteiger partial charge is 0.402 e. The van der Waals surface area contributed by atoms with E-state index in [9.17, 15) is 0 Å². The van der Waals surface area contributed by atoms with Gasteiger partial charge in [-0.15, -0.1) is 0 Å². The zero-order valence-corrected chi connectivity index (χ0v) is 10.7. The number of rotatable bonds is 1. The lowest BCUT2D eigenvalue weighted by molar-refractivity contribution is 1.17. The Bertz CT molecular complexity index is 622. The number of allylic oxidation sites excluding steroid dienone is 3. The highest BCUT2D eigenvalue weighted by atomic mass is 127. The Labute approximate surface area is 107 Å². The number of nitrogens with two attached hydrogens (primary N) is 1. The molecule has 0 amide bonds. The average Bonchev–Trinajstić information content (AvgIpc) is 2.83. The molecular formula is C12H10IN3. The Morgan fingerprint density at radius 3 is 2.88 bits per heavy atom. The molecule has 16 heavy (non-hydrogen) atoms. The molecule has 0 saturated heterocycles. The van der Waals surface area contributed by atoms with E-state index in [2.05, 4.69) is 46.0 Å². The molecule has 80 valence electrons. The van der Waals surface area contributed by atoms with Crippen LogP contribution in [0, 0.1) is 3.57 Å². The van der Waals surface area contributed by atoms with Gasteiger partial charge in [-0.25, -0.2) is 4.98 Å². The molecule has 0 radical (unpaired) electrons. The van der Waals surface area contributed by atoms with E-state index in [1.54, 1.807) is 0 Å². The number of nitrogens with zero attached hydrogens (tertiary/aromatic N) is 2. The van der Waals surface area contributed by atoms with E-state index in [-0.39, 0.29) is 0 Å². The van der Waals surface area contributed by atoms with Crippen molar-refractivity contribution in [2.24, 2.45) is 5.73 Å². The molecule has 2 heterocycles. The van der Waals surface area contributed by atoms with E-state index in [1.807, 2.05) is 22.6 Å². The summed E-state index contributed by atoms with van der Waals surface area (Å²) in [6, 6.07) is 4.08. The number of aromatic nitrogens is 2. The van der Waals surface area contributed by atoms with E-state index in [1.165, 1.54) is 9.14 Å². The van der Waals surface area contributed by atoms with Gasteiger partial charge in [0, 0.05) is 28.1 Å². The fraction of sp³-hybridized carbons (Fsp3) is 0.0833. The Balaban J connectivity index is 2.06. The van der Waals surface area contributed by atoms with Crippen LogP contribution in [0.4, 0.5) is 0 Å². The van der Waals surface area contributed by atoms with Gasteiger partial charge in [0.1, 0.15) is 5.65 Å². The van der Waals surface area contributed by atoms with Crippen LogP contribution in [-0.2, 0) is 0 Å². The first-order valence-corrected chi connectivity index (χ1v) is 6.10. The monoisotopic (exact) mass is 323 g/mol. The van der Waals surface area contributed by atoms with E-state index >= 15 is 0 Å². The molecule has 0 aromatic carbocycles. The Kier molecular flexibility index (Phi) is 2.24. The molecule has 1 aliphatic rings. The molecule has 2 aromatic heterocycles. The van der Waals surface area contributed by atoms with E-state index < -0.39 is 0 Å². The van der Waals surface area contributed by atoms with E-state index in [0.717, 1.165) is 23.5 Å². The summed E-state index contributed by atoms with van der Waals surface area (Å²) in [5.74, 6) is 0. The van der Waals surface area contributed by atoms with Crippen LogP contribution in [0.15, 0.2) is 42.4 Å². The van der Waals surface area contributed by atoms with Crippen molar-refractivity contribution in [2.45, 2.75) is 6.42 Å². The summed E-state index contributed by atoms with van der Waals surface area (Å²) in [4.78, 5) is 4.57. The minimum absolute atomic E-state index is 0.807. The van der Waals surface area contributed by atoms with Crippen LogP contribution >= 0.6 is 22.6 Å². The molecule has 0 bridgehead atoms. The molecule has 0 atom stereocenters. The van der Waals surface area contributed by atoms with Gasteiger partial charge in [0.15, 0.2) is 0 Å². The van der Waals surface area contributed by atoms with Gasteiger partial charge in [0.25, 0.3) is 0 Å². The number of halogens is 1. The zero-order valence-electron chi connectivity index (χ0n) is 8.52. The standard InChI is InChI=1S/C12H10IN3/c13-9-2-4-12-15-11(7-16(12)6-9)8-1-3-10(14)5-8/h1-4,6-7H,5,14H2. The second-order valence-electron chi connectivity index (χ2n) is 3.85. The molecule has 4 heteroatoms. The number of fused-ring (bicyclic) bond motifs is 1. The van der Waals surface area contributed by atoms with E-state index in [4.69, 9.17) is 5.73 Å². The summed E-state index contributed by atoms with van der Waals surface area (Å²) in [6.45, 7) is 0. The Morgan fingerprint density at radius 1 is 1.25 bits per heavy atom. The minimum atomic E-state index is 0.807. The summed E-state index contributed by atoms with van der Waals surface area (Å²) in [5.41, 5.74) is 9.84. The second-order valence-corrected chi connectivity index (χ2v) is 5.09. The fourth-order valence-corrected chi connectivity index (χ4v) is 2.32. The van der Waals surface area contributed by atoms with Crippen LogP contribution in [0.1, 0.15) is 12.1 Å². The maximum Gasteiger partial charge on any atom is 0.137 e. The first-order valence-electron chi connectivity index (χ1n) is 5.02. The topological polar surface area (TPSA) is 43.3 Å². The van der Waals surface area contributed by atoms with Crippen LogP contribution in [0.25, 0.3) is 11.2 Å². The van der Waals surface area contributed by atoms with Crippen molar-refractivity contribution in [1.29, 1.82) is 0 Å². The predicted octanol–water partition coefficient (Wildman–Crippen LogP) is 2.57. The molecule has 2 aromatic rings. The normalized spacial score (nSPS) is 15.3. The van der Waals surface area contributed by atoms with Gasteiger partial charge >= 0.3 is 0 Å². The number of hydrogen-bond donors (Lipinski definition) is 1. The smallest absolute Gasteiger partial charge is 0.137 e. The lowest BCUT2D eigenvalue weighted by atomic mass is 10.2. The van der Waals surface area contributed by atoms with E-state index in [0.29, 0.717) is 0 Å². The molecule has 0 unspecified atom stereocenters. The molecule has 0 fully saturated rings. The SMILES string of the molecule is NC1=CC=C(c2cn3cc(I)ccc3n2)C1. The number of hydrogen-bond acceptors (Lipinski definition) is 2. The fourth-order valence-electron chi connectivity index (χ4n) is 1.84. The van der Waals surface area contributed by atoms with Gasteiger partial charge in [-0.2, -0.15) is 0 Å². The van der Waals surface area contributed by atoms with Crippen LogP contribution in [0.5, 0.6) is 0 Å². The van der Waals surface area contributed by atoms with Gasteiger partial charge < -0.3 is 10.1 Å². The summed E-state index contributed by atoms with van der Waals surface area (Å²) < 4.78 is 3.25. The summed E-state index contributed by atoms with van der Waals surface area (Å²) in [5, 5.41) is 0. The molecule has 0 spiro atoms. The van der Waals surface area contributed by atoms with Gasteiger partial charge in [-0.05, 0) is 46.4 Å². The Hall–Kier alpha value is -1.30. The molecule has 3 rings (SSSR count). The summed E-state index contributed by atoms with van der Waals surface area (Å²) in [6.07, 6.45) is 8.92. The second kappa shape index (κ2) is 3.62. The highest BCUT2D eigenvalue weighted by Crippen LogP contribution is 2.25. The van der Waals surface area contributed by atoms with Crippen LogP contribution in [0.2, 0.25) is 0 Å². The predicted molar refractivity (Wildman–Crippen MR) is 72.8 cm³/mol. The van der Waals surface area contributed by atoms with Gasteiger partial charge in [-0.1, -0.05) is 6.08 Å². The van der Waals surface area contributed by atoms with Crippen LogP contribution in [-0.4, -0.2) is 9.38 Å². The first-order chi connectivity index (χ1) is 7.72. The number of imidazole rings is 1. The maximum absolute atomic E-state index is 5.75. The van der Waals surface area contributed by atoms with Crippen molar-refractivity contribution in [3.8, 4) is 0 Å². The highest BCUT2D eigenvalue weighted by molar-refractivity contribution is 14.1. The quantitative estimate of drug-likeness (QED) is 0.820. The van der Waals surface area contributed by atoms with Gasteiger partial charge in [0.2, 0.25) is 0 Å². The van der Waals surface area contributed by atoms with Crippen molar-refractivity contribution in [3.63, 3.8) is 0 Å². The average molecular weight is 323 g/mol. The third kappa shape index (κ3) is 1.63. The maximum atomic E-state index is 5.75. The van der Waals surface area contributed by atoms with Crippen LogP contribution < -0.4 is 5.73 Å². The lowest BCUT2D eigenvalue weighted by Crippen LogP contribution is -1.93. The van der Waals surface area contributed by atoms with Crippen molar-refractivity contribution in [1.82, 2.24) is 9.38 Å². The summed E-state index contributed by atoms with van der Waals surface area (Å²) in [7, 11) is 0.